The highest BCUT2D eigenvalue weighted by Gasteiger charge is 2.23. The van der Waals surface area contributed by atoms with Crippen LogP contribution < -0.4 is 11.1 Å². The number of nitrogens with two attached hydrogens (primary N) is 1. The summed E-state index contributed by atoms with van der Waals surface area (Å²) < 4.78 is 0. The summed E-state index contributed by atoms with van der Waals surface area (Å²) in [6, 6.07) is 0.230. The highest BCUT2D eigenvalue weighted by molar-refractivity contribution is 5.77. The van der Waals surface area contributed by atoms with Crippen molar-refractivity contribution in [2.75, 3.05) is 26.2 Å². The first-order chi connectivity index (χ1) is 6.61. The van der Waals surface area contributed by atoms with Crippen LogP contribution in [0.1, 0.15) is 20.3 Å². The van der Waals surface area contributed by atoms with Crippen molar-refractivity contribution < 1.29 is 4.79 Å². The first-order valence-corrected chi connectivity index (χ1v) is 5.36. The van der Waals surface area contributed by atoms with Crippen LogP contribution in [0.4, 0.5) is 0 Å². The summed E-state index contributed by atoms with van der Waals surface area (Å²) in [5, 5.41) is 2.80. The lowest BCUT2D eigenvalue weighted by molar-refractivity contribution is -0.122. The lowest BCUT2D eigenvalue weighted by Crippen LogP contribution is -2.49. The maximum absolute atomic E-state index is 11.3. The summed E-state index contributed by atoms with van der Waals surface area (Å²) in [6.07, 6.45) is 1.08. The quantitative estimate of drug-likeness (QED) is 0.661. The molecular formula is C10H21N3O. The first-order valence-electron chi connectivity index (χ1n) is 5.36. The molecule has 1 saturated heterocycles. The Morgan fingerprint density at radius 3 is 2.86 bits per heavy atom. The van der Waals surface area contributed by atoms with Gasteiger partial charge in [0, 0.05) is 25.7 Å². The van der Waals surface area contributed by atoms with Gasteiger partial charge in [-0.15, -0.1) is 0 Å². The maximum atomic E-state index is 11.3. The molecule has 0 saturated carbocycles. The van der Waals surface area contributed by atoms with E-state index in [1.807, 2.05) is 6.92 Å². The smallest absolute Gasteiger partial charge is 0.234 e. The molecule has 2 atom stereocenters. The molecule has 0 aliphatic carbocycles. The van der Waals surface area contributed by atoms with Crippen LogP contribution in [-0.2, 0) is 4.79 Å². The SMILES string of the molecule is CCNC(=O)CN1CC(C)CC(N)C1. The molecule has 0 aromatic carbocycles. The normalized spacial score (nSPS) is 28.8. The number of hydrogen-bond acceptors (Lipinski definition) is 3. The van der Waals surface area contributed by atoms with E-state index in [2.05, 4.69) is 17.1 Å². The van der Waals surface area contributed by atoms with E-state index < -0.39 is 0 Å². The number of nitrogens with one attached hydrogen (secondary N) is 1. The average molecular weight is 199 g/mol. The van der Waals surface area contributed by atoms with E-state index in [4.69, 9.17) is 5.73 Å². The molecule has 1 heterocycles. The Bertz CT molecular complexity index is 186. The van der Waals surface area contributed by atoms with E-state index in [1.165, 1.54) is 0 Å². The van der Waals surface area contributed by atoms with Crippen molar-refractivity contribution in [2.24, 2.45) is 11.7 Å². The molecule has 1 rings (SSSR count). The van der Waals surface area contributed by atoms with Crippen molar-refractivity contribution in [1.29, 1.82) is 0 Å². The maximum Gasteiger partial charge on any atom is 0.234 e. The van der Waals surface area contributed by atoms with Gasteiger partial charge in [-0.2, -0.15) is 0 Å². The number of nitrogens with zero attached hydrogens (tertiary/aromatic N) is 1. The van der Waals surface area contributed by atoms with Crippen LogP contribution in [0.3, 0.4) is 0 Å². The van der Waals surface area contributed by atoms with E-state index in [-0.39, 0.29) is 11.9 Å². The van der Waals surface area contributed by atoms with Gasteiger partial charge in [0.1, 0.15) is 0 Å². The van der Waals surface area contributed by atoms with Gasteiger partial charge >= 0.3 is 0 Å². The Morgan fingerprint density at radius 2 is 2.29 bits per heavy atom. The van der Waals surface area contributed by atoms with Gasteiger partial charge in [-0.25, -0.2) is 0 Å². The summed E-state index contributed by atoms with van der Waals surface area (Å²) in [7, 11) is 0. The minimum absolute atomic E-state index is 0.105. The highest BCUT2D eigenvalue weighted by atomic mass is 16.2. The second kappa shape index (κ2) is 5.32. The van der Waals surface area contributed by atoms with Crippen LogP contribution >= 0.6 is 0 Å². The van der Waals surface area contributed by atoms with Gasteiger partial charge in [-0.1, -0.05) is 6.92 Å². The van der Waals surface area contributed by atoms with Crippen LogP contribution in [0.25, 0.3) is 0 Å². The lowest BCUT2D eigenvalue weighted by Gasteiger charge is -2.34. The molecule has 4 heteroatoms. The number of carbonyl (C=O) groups excluding carboxylic acids is 1. The molecule has 1 amide bonds. The summed E-state index contributed by atoms with van der Waals surface area (Å²) in [4.78, 5) is 13.5. The fourth-order valence-corrected chi connectivity index (χ4v) is 2.10. The van der Waals surface area contributed by atoms with E-state index in [9.17, 15) is 4.79 Å². The third kappa shape index (κ3) is 3.64. The number of piperidine rings is 1. The number of rotatable bonds is 3. The fourth-order valence-electron chi connectivity index (χ4n) is 2.10. The van der Waals surface area contributed by atoms with Crippen molar-refractivity contribution in [3.05, 3.63) is 0 Å². The molecule has 3 N–H and O–H groups in total. The lowest BCUT2D eigenvalue weighted by atomic mass is 9.97. The molecule has 2 unspecified atom stereocenters. The Kier molecular flexibility index (Phi) is 4.35. The topological polar surface area (TPSA) is 58.4 Å². The molecule has 1 aliphatic rings. The number of likely N-dealkylation sites (tertiary alicyclic amines) is 1. The zero-order chi connectivity index (χ0) is 10.6. The van der Waals surface area contributed by atoms with Gasteiger partial charge in [0.25, 0.3) is 0 Å². The van der Waals surface area contributed by atoms with Gasteiger partial charge in [-0.05, 0) is 19.3 Å². The van der Waals surface area contributed by atoms with Gasteiger partial charge in [0.2, 0.25) is 5.91 Å². The van der Waals surface area contributed by atoms with Crippen LogP contribution in [0.5, 0.6) is 0 Å². The molecule has 1 fully saturated rings. The second-order valence-corrected chi connectivity index (χ2v) is 4.25. The third-order valence-corrected chi connectivity index (χ3v) is 2.51. The Balaban J connectivity index is 2.33. The standard InChI is InChI=1S/C10H21N3O/c1-3-12-10(14)7-13-5-8(2)4-9(11)6-13/h8-9H,3-7,11H2,1-2H3,(H,12,14). The van der Waals surface area contributed by atoms with Crippen molar-refractivity contribution in [3.63, 3.8) is 0 Å². The molecule has 0 aromatic heterocycles. The molecule has 0 radical (unpaired) electrons. The third-order valence-electron chi connectivity index (χ3n) is 2.51. The van der Waals surface area contributed by atoms with Gasteiger partial charge in [0.15, 0.2) is 0 Å². The minimum Gasteiger partial charge on any atom is -0.355 e. The van der Waals surface area contributed by atoms with Gasteiger partial charge < -0.3 is 11.1 Å². The zero-order valence-electron chi connectivity index (χ0n) is 9.12. The van der Waals surface area contributed by atoms with Crippen LogP contribution in [0.2, 0.25) is 0 Å². The summed E-state index contributed by atoms with van der Waals surface area (Å²) >= 11 is 0. The predicted molar refractivity (Wildman–Crippen MR) is 56.9 cm³/mol. The van der Waals surface area contributed by atoms with Crippen molar-refractivity contribution in [3.8, 4) is 0 Å². The monoisotopic (exact) mass is 199 g/mol. The van der Waals surface area contributed by atoms with E-state index >= 15 is 0 Å². The van der Waals surface area contributed by atoms with Crippen LogP contribution in [0.15, 0.2) is 0 Å². The molecule has 82 valence electrons. The highest BCUT2D eigenvalue weighted by Crippen LogP contribution is 2.14. The van der Waals surface area contributed by atoms with Gasteiger partial charge in [-0.3, -0.25) is 9.69 Å². The number of likely N-dealkylation sites (N-methyl/N-ethyl adjacent to an activating group) is 1. The number of carbonyl (C=O) groups is 1. The van der Waals surface area contributed by atoms with Crippen LogP contribution in [-0.4, -0.2) is 43.0 Å². The number of hydrogen-bond donors (Lipinski definition) is 2. The molecule has 1 aliphatic heterocycles. The molecule has 14 heavy (non-hydrogen) atoms. The number of amides is 1. The molecule has 4 nitrogen and oxygen atoms in total. The van der Waals surface area contributed by atoms with E-state index in [0.29, 0.717) is 19.0 Å². The Morgan fingerprint density at radius 1 is 1.57 bits per heavy atom. The Hall–Kier alpha value is -0.610. The zero-order valence-corrected chi connectivity index (χ0v) is 9.12. The molecular weight excluding hydrogens is 178 g/mol. The van der Waals surface area contributed by atoms with E-state index in [1.54, 1.807) is 0 Å². The fraction of sp³-hybridized carbons (Fsp3) is 0.900. The van der Waals surface area contributed by atoms with Gasteiger partial charge in [0.05, 0.1) is 6.54 Å². The van der Waals surface area contributed by atoms with Crippen molar-refractivity contribution >= 4 is 5.91 Å². The van der Waals surface area contributed by atoms with E-state index in [0.717, 1.165) is 19.5 Å². The van der Waals surface area contributed by atoms with Crippen LogP contribution in [0, 0.1) is 5.92 Å². The van der Waals surface area contributed by atoms with Crippen molar-refractivity contribution in [1.82, 2.24) is 10.2 Å². The summed E-state index contributed by atoms with van der Waals surface area (Å²) in [5.74, 6) is 0.710. The summed E-state index contributed by atoms with van der Waals surface area (Å²) in [5.41, 5.74) is 5.89. The molecule has 0 aromatic rings. The van der Waals surface area contributed by atoms with Crippen molar-refractivity contribution in [2.45, 2.75) is 26.3 Å². The minimum atomic E-state index is 0.105. The first kappa shape index (κ1) is 11.5. The largest absolute Gasteiger partial charge is 0.355 e. The second-order valence-electron chi connectivity index (χ2n) is 4.25. The molecule has 0 spiro atoms. The Labute approximate surface area is 85.8 Å². The predicted octanol–water partition coefficient (Wildman–Crippen LogP) is -0.208. The average Bonchev–Trinajstić information content (AvgIpc) is 2.01. The molecule has 0 bridgehead atoms. The summed E-state index contributed by atoms with van der Waals surface area (Å²) in [6.45, 7) is 7.15.